The first-order valence-electron chi connectivity index (χ1n) is 6.42. The van der Waals surface area contributed by atoms with Crippen LogP contribution in [-0.4, -0.2) is 31.0 Å². The summed E-state index contributed by atoms with van der Waals surface area (Å²) in [6, 6.07) is 5.54. The molecule has 0 spiro atoms. The molecule has 0 radical (unpaired) electrons. The van der Waals surface area contributed by atoms with Crippen molar-refractivity contribution >= 4 is 0 Å². The van der Waals surface area contributed by atoms with Gasteiger partial charge in [-0.25, -0.2) is 0 Å². The number of aliphatic hydroxyl groups is 1. The number of hydrogen-bond donors (Lipinski definition) is 1. The Labute approximate surface area is 106 Å². The third-order valence-corrected chi connectivity index (χ3v) is 3.69. The van der Waals surface area contributed by atoms with Crippen LogP contribution in [-0.2, 0) is 4.74 Å². The summed E-state index contributed by atoms with van der Waals surface area (Å²) < 4.78 is 16.8. The van der Waals surface area contributed by atoms with Gasteiger partial charge in [0.2, 0.25) is 0 Å². The maximum absolute atomic E-state index is 10.2. The van der Waals surface area contributed by atoms with E-state index in [2.05, 4.69) is 0 Å². The first-order chi connectivity index (χ1) is 8.78. The van der Waals surface area contributed by atoms with E-state index in [0.29, 0.717) is 12.2 Å². The molecular formula is C14H18O4. The maximum Gasteiger partial charge on any atom is 0.129 e. The lowest BCUT2D eigenvalue weighted by molar-refractivity contribution is -0.0272. The second-order valence-corrected chi connectivity index (χ2v) is 4.86. The molecule has 1 aromatic rings. The molecule has 2 aliphatic heterocycles. The van der Waals surface area contributed by atoms with Crippen LogP contribution < -0.4 is 9.47 Å². The van der Waals surface area contributed by atoms with Gasteiger partial charge in [0.05, 0.1) is 19.3 Å². The zero-order valence-electron chi connectivity index (χ0n) is 10.5. The van der Waals surface area contributed by atoms with Gasteiger partial charge < -0.3 is 19.3 Å². The highest BCUT2D eigenvalue weighted by atomic mass is 16.5. The summed E-state index contributed by atoms with van der Waals surface area (Å²) in [6.45, 7) is 0.797. The molecule has 1 aromatic carbocycles. The van der Waals surface area contributed by atoms with Gasteiger partial charge in [0.25, 0.3) is 0 Å². The fraction of sp³-hybridized carbons (Fsp3) is 0.571. The topological polar surface area (TPSA) is 47.9 Å². The molecule has 0 bridgehead atoms. The minimum absolute atomic E-state index is 0.0536. The van der Waals surface area contributed by atoms with Gasteiger partial charge in [-0.3, -0.25) is 0 Å². The van der Waals surface area contributed by atoms with E-state index < -0.39 is 6.10 Å². The maximum atomic E-state index is 10.2. The molecule has 2 unspecified atom stereocenters. The van der Waals surface area contributed by atoms with E-state index in [-0.39, 0.29) is 12.2 Å². The summed E-state index contributed by atoms with van der Waals surface area (Å²) >= 11 is 0. The summed E-state index contributed by atoms with van der Waals surface area (Å²) in [6.07, 6.45) is 2.27. The van der Waals surface area contributed by atoms with Crippen molar-refractivity contribution in [3.8, 4) is 11.5 Å². The van der Waals surface area contributed by atoms with Gasteiger partial charge >= 0.3 is 0 Å². The molecular weight excluding hydrogens is 232 g/mol. The van der Waals surface area contributed by atoms with E-state index >= 15 is 0 Å². The Morgan fingerprint density at radius 1 is 1.33 bits per heavy atom. The molecule has 0 amide bonds. The molecule has 3 atom stereocenters. The predicted octanol–water partition coefficient (Wildman–Crippen LogP) is 2.06. The Kier molecular flexibility index (Phi) is 3.14. The van der Waals surface area contributed by atoms with Gasteiger partial charge in [-0.1, -0.05) is 0 Å². The van der Waals surface area contributed by atoms with Crippen molar-refractivity contribution in [3.05, 3.63) is 23.8 Å². The van der Waals surface area contributed by atoms with E-state index in [9.17, 15) is 5.11 Å². The zero-order chi connectivity index (χ0) is 12.5. The van der Waals surface area contributed by atoms with Crippen LogP contribution in [0.3, 0.4) is 0 Å². The molecule has 1 N–H and O–H groups in total. The highest BCUT2D eigenvalue weighted by Gasteiger charge is 2.34. The van der Waals surface area contributed by atoms with E-state index in [4.69, 9.17) is 14.2 Å². The summed E-state index contributed by atoms with van der Waals surface area (Å²) in [5.74, 6) is 1.46. The van der Waals surface area contributed by atoms with Gasteiger partial charge in [-0.15, -0.1) is 0 Å². The van der Waals surface area contributed by atoms with Crippen LogP contribution in [0.1, 0.15) is 30.9 Å². The Bertz CT molecular complexity index is 426. The van der Waals surface area contributed by atoms with Gasteiger partial charge in [-0.05, 0) is 25.0 Å². The second kappa shape index (κ2) is 4.78. The molecule has 2 aliphatic rings. The zero-order valence-corrected chi connectivity index (χ0v) is 10.5. The van der Waals surface area contributed by atoms with Gasteiger partial charge in [0.15, 0.2) is 0 Å². The Morgan fingerprint density at radius 3 is 2.94 bits per heavy atom. The molecule has 98 valence electrons. The quantitative estimate of drug-likeness (QED) is 0.872. The van der Waals surface area contributed by atoms with Crippen molar-refractivity contribution < 1.29 is 19.3 Å². The van der Waals surface area contributed by atoms with Crippen LogP contribution >= 0.6 is 0 Å². The fourth-order valence-corrected chi connectivity index (χ4v) is 2.70. The van der Waals surface area contributed by atoms with E-state index in [1.807, 2.05) is 18.2 Å². The minimum atomic E-state index is -0.478. The van der Waals surface area contributed by atoms with Crippen molar-refractivity contribution in [2.75, 3.05) is 13.7 Å². The van der Waals surface area contributed by atoms with Crippen molar-refractivity contribution in [3.63, 3.8) is 0 Å². The van der Waals surface area contributed by atoms with Crippen molar-refractivity contribution in [2.45, 2.75) is 37.6 Å². The summed E-state index contributed by atoms with van der Waals surface area (Å²) in [5.41, 5.74) is 0.838. The van der Waals surface area contributed by atoms with E-state index in [1.54, 1.807) is 7.11 Å². The van der Waals surface area contributed by atoms with E-state index in [0.717, 1.165) is 30.8 Å². The smallest absolute Gasteiger partial charge is 0.129 e. The molecule has 1 fully saturated rings. The lowest BCUT2D eigenvalue weighted by Crippen LogP contribution is -2.36. The average molecular weight is 250 g/mol. The molecule has 4 nitrogen and oxygen atoms in total. The number of fused-ring (bicyclic) bond motifs is 1. The van der Waals surface area contributed by atoms with Crippen LogP contribution in [0.25, 0.3) is 0 Å². The molecule has 18 heavy (non-hydrogen) atoms. The number of aliphatic hydroxyl groups excluding tert-OH is 1. The fourth-order valence-electron chi connectivity index (χ4n) is 2.70. The Balaban J connectivity index is 1.85. The van der Waals surface area contributed by atoms with Crippen LogP contribution in [0.5, 0.6) is 11.5 Å². The molecule has 0 saturated carbocycles. The molecule has 3 rings (SSSR count). The van der Waals surface area contributed by atoms with Gasteiger partial charge in [0.1, 0.15) is 17.6 Å². The Morgan fingerprint density at radius 2 is 2.22 bits per heavy atom. The van der Waals surface area contributed by atoms with Crippen molar-refractivity contribution in [1.29, 1.82) is 0 Å². The summed E-state index contributed by atoms with van der Waals surface area (Å²) in [4.78, 5) is 0. The third-order valence-electron chi connectivity index (χ3n) is 3.69. The van der Waals surface area contributed by atoms with Crippen molar-refractivity contribution in [2.24, 2.45) is 0 Å². The summed E-state index contributed by atoms with van der Waals surface area (Å²) in [5, 5.41) is 10.2. The van der Waals surface area contributed by atoms with Crippen LogP contribution in [0, 0.1) is 0 Å². The highest BCUT2D eigenvalue weighted by molar-refractivity contribution is 5.43. The number of rotatable bonds is 2. The van der Waals surface area contributed by atoms with E-state index in [1.165, 1.54) is 0 Å². The Hall–Kier alpha value is -1.26. The summed E-state index contributed by atoms with van der Waals surface area (Å²) in [7, 11) is 1.62. The SMILES string of the molecule is COc1ccc2c(c1)OC(C1CCCO1)C[C@H]2O. The van der Waals surface area contributed by atoms with Crippen LogP contribution in [0.15, 0.2) is 18.2 Å². The normalized spacial score (nSPS) is 30.7. The second-order valence-electron chi connectivity index (χ2n) is 4.86. The number of methoxy groups -OCH3 is 1. The number of hydrogen-bond acceptors (Lipinski definition) is 4. The largest absolute Gasteiger partial charge is 0.497 e. The minimum Gasteiger partial charge on any atom is -0.497 e. The van der Waals surface area contributed by atoms with Crippen LogP contribution in [0.4, 0.5) is 0 Å². The molecule has 4 heteroatoms. The molecule has 2 heterocycles. The lowest BCUT2D eigenvalue weighted by atomic mass is 9.95. The standard InChI is InChI=1S/C14H18O4/c1-16-9-4-5-10-11(15)8-14(18-13(10)7-9)12-3-2-6-17-12/h4-5,7,11-12,14-15H,2-3,6,8H2,1H3/t11-,12?,14?/m1/s1. The first-order valence-corrected chi connectivity index (χ1v) is 6.42. The lowest BCUT2D eigenvalue weighted by Gasteiger charge is -2.32. The van der Waals surface area contributed by atoms with Gasteiger partial charge in [-0.2, -0.15) is 0 Å². The molecule has 0 aromatic heterocycles. The van der Waals surface area contributed by atoms with Gasteiger partial charge in [0, 0.05) is 24.7 Å². The average Bonchev–Trinajstić information content (AvgIpc) is 2.91. The third kappa shape index (κ3) is 2.06. The predicted molar refractivity (Wildman–Crippen MR) is 66.0 cm³/mol. The number of ether oxygens (including phenoxy) is 3. The highest BCUT2D eigenvalue weighted by Crippen LogP contribution is 2.39. The molecule has 1 saturated heterocycles. The number of benzene rings is 1. The molecule has 0 aliphatic carbocycles. The van der Waals surface area contributed by atoms with Crippen LogP contribution in [0.2, 0.25) is 0 Å². The first kappa shape index (κ1) is 11.8. The monoisotopic (exact) mass is 250 g/mol. The van der Waals surface area contributed by atoms with Crippen molar-refractivity contribution in [1.82, 2.24) is 0 Å².